The number of hydrogen-bond donors (Lipinski definition) is 2. The number of nitrogens with zero attached hydrogens (tertiary/aromatic N) is 1. The number of amides is 2. The van der Waals surface area contributed by atoms with Crippen LogP contribution < -0.4 is 5.32 Å². The molecular formula is C10H18N2O5. The van der Waals surface area contributed by atoms with E-state index in [-0.39, 0.29) is 12.7 Å². The van der Waals surface area contributed by atoms with Crippen molar-refractivity contribution in [1.82, 2.24) is 10.2 Å². The zero-order valence-electron chi connectivity index (χ0n) is 10.0. The van der Waals surface area contributed by atoms with Crippen LogP contribution in [0.25, 0.3) is 0 Å². The molecule has 0 aromatic rings. The van der Waals surface area contributed by atoms with Gasteiger partial charge in [-0.1, -0.05) is 0 Å². The van der Waals surface area contributed by atoms with Crippen LogP contribution in [0.1, 0.15) is 6.92 Å². The average Bonchev–Trinajstić information content (AvgIpc) is 2.28. The number of ether oxygens (including phenoxy) is 2. The number of morpholine rings is 1. The number of carboxylic acids is 1. The van der Waals surface area contributed by atoms with Gasteiger partial charge in [0.05, 0.1) is 19.3 Å². The van der Waals surface area contributed by atoms with E-state index < -0.39 is 18.0 Å². The van der Waals surface area contributed by atoms with Crippen molar-refractivity contribution in [1.29, 1.82) is 0 Å². The maximum absolute atomic E-state index is 11.8. The molecule has 1 fully saturated rings. The van der Waals surface area contributed by atoms with Gasteiger partial charge >= 0.3 is 12.0 Å². The molecule has 0 aliphatic carbocycles. The predicted molar refractivity (Wildman–Crippen MR) is 58.8 cm³/mol. The van der Waals surface area contributed by atoms with Gasteiger partial charge in [-0.3, -0.25) is 0 Å². The van der Waals surface area contributed by atoms with E-state index in [1.807, 2.05) is 6.92 Å². The summed E-state index contributed by atoms with van der Waals surface area (Å²) < 4.78 is 10.0. The van der Waals surface area contributed by atoms with Crippen LogP contribution in [-0.2, 0) is 14.3 Å². The molecule has 1 aliphatic rings. The fourth-order valence-electron chi connectivity index (χ4n) is 1.58. The minimum Gasteiger partial charge on any atom is -0.480 e. The first-order valence-electron chi connectivity index (χ1n) is 5.43. The fourth-order valence-corrected chi connectivity index (χ4v) is 1.58. The third-order valence-electron chi connectivity index (χ3n) is 2.46. The van der Waals surface area contributed by atoms with Crippen LogP contribution in [0, 0.1) is 0 Å². The molecule has 1 aliphatic heterocycles. The third kappa shape index (κ3) is 4.20. The van der Waals surface area contributed by atoms with E-state index in [9.17, 15) is 9.59 Å². The molecule has 1 rings (SSSR count). The fraction of sp³-hybridized carbons (Fsp3) is 0.800. The lowest BCUT2D eigenvalue weighted by atomic mass is 10.3. The van der Waals surface area contributed by atoms with E-state index in [0.717, 1.165) is 0 Å². The Morgan fingerprint density at radius 1 is 1.65 bits per heavy atom. The number of methoxy groups -OCH3 is 1. The van der Waals surface area contributed by atoms with Crippen molar-refractivity contribution in [3.63, 3.8) is 0 Å². The molecule has 98 valence electrons. The summed E-state index contributed by atoms with van der Waals surface area (Å²) in [7, 11) is 1.39. The van der Waals surface area contributed by atoms with Crippen molar-refractivity contribution >= 4 is 12.0 Å². The summed E-state index contributed by atoms with van der Waals surface area (Å²) >= 11 is 0. The second kappa shape index (κ2) is 6.41. The van der Waals surface area contributed by atoms with Crippen molar-refractivity contribution in [2.45, 2.75) is 19.1 Å². The molecule has 0 aromatic heterocycles. The zero-order chi connectivity index (χ0) is 12.8. The molecule has 7 heteroatoms. The minimum absolute atomic E-state index is 0.0276. The summed E-state index contributed by atoms with van der Waals surface area (Å²) in [4.78, 5) is 24.1. The molecule has 1 heterocycles. The van der Waals surface area contributed by atoms with Gasteiger partial charge in [-0.15, -0.1) is 0 Å². The van der Waals surface area contributed by atoms with Gasteiger partial charge in [0, 0.05) is 20.2 Å². The van der Waals surface area contributed by atoms with Gasteiger partial charge in [0.1, 0.15) is 0 Å². The first-order chi connectivity index (χ1) is 8.04. The Morgan fingerprint density at radius 3 is 2.88 bits per heavy atom. The highest BCUT2D eigenvalue weighted by atomic mass is 16.5. The van der Waals surface area contributed by atoms with Crippen molar-refractivity contribution in [2.24, 2.45) is 0 Å². The summed E-state index contributed by atoms with van der Waals surface area (Å²) in [6.07, 6.45) is -0.0276. The maximum Gasteiger partial charge on any atom is 0.328 e. The Hall–Kier alpha value is -1.34. The summed E-state index contributed by atoms with van der Waals surface area (Å²) in [6, 6.07) is -1.42. The monoisotopic (exact) mass is 246 g/mol. The smallest absolute Gasteiger partial charge is 0.328 e. The number of carboxylic acid groups (broad SMARTS) is 1. The highest BCUT2D eigenvalue weighted by molar-refractivity contribution is 5.82. The van der Waals surface area contributed by atoms with E-state index in [0.29, 0.717) is 19.7 Å². The van der Waals surface area contributed by atoms with Crippen molar-refractivity contribution < 1.29 is 24.2 Å². The van der Waals surface area contributed by atoms with Gasteiger partial charge in [0.25, 0.3) is 0 Å². The van der Waals surface area contributed by atoms with Crippen LogP contribution in [-0.4, -0.2) is 67.6 Å². The Balaban J connectivity index is 2.48. The Bertz CT molecular complexity index is 284. The van der Waals surface area contributed by atoms with E-state index in [4.69, 9.17) is 14.6 Å². The first kappa shape index (κ1) is 13.7. The lowest BCUT2D eigenvalue weighted by Crippen LogP contribution is -2.53. The summed E-state index contributed by atoms with van der Waals surface area (Å²) in [5, 5.41) is 11.3. The molecule has 0 spiro atoms. The molecule has 2 unspecified atom stereocenters. The lowest BCUT2D eigenvalue weighted by Gasteiger charge is -2.31. The third-order valence-corrected chi connectivity index (χ3v) is 2.46. The maximum atomic E-state index is 11.8. The molecule has 0 saturated carbocycles. The van der Waals surface area contributed by atoms with Gasteiger partial charge in [0.2, 0.25) is 0 Å². The van der Waals surface area contributed by atoms with Gasteiger partial charge < -0.3 is 24.8 Å². The number of carbonyl (C=O) groups excluding carboxylic acids is 1. The summed E-state index contributed by atoms with van der Waals surface area (Å²) in [6.45, 7) is 3.21. The molecule has 7 nitrogen and oxygen atoms in total. The molecule has 0 aromatic carbocycles. The van der Waals surface area contributed by atoms with Crippen LogP contribution in [0.2, 0.25) is 0 Å². The van der Waals surface area contributed by atoms with Crippen LogP contribution >= 0.6 is 0 Å². The van der Waals surface area contributed by atoms with Crippen LogP contribution in [0.3, 0.4) is 0 Å². The number of hydrogen-bond acceptors (Lipinski definition) is 4. The van der Waals surface area contributed by atoms with Crippen LogP contribution in [0.5, 0.6) is 0 Å². The molecule has 2 atom stereocenters. The largest absolute Gasteiger partial charge is 0.480 e. The van der Waals surface area contributed by atoms with E-state index in [2.05, 4.69) is 5.32 Å². The van der Waals surface area contributed by atoms with Crippen molar-refractivity contribution in [2.75, 3.05) is 33.4 Å². The Morgan fingerprint density at radius 2 is 2.35 bits per heavy atom. The topological polar surface area (TPSA) is 88.1 Å². The second-order valence-electron chi connectivity index (χ2n) is 3.92. The molecule has 0 radical (unpaired) electrons. The summed E-state index contributed by atoms with van der Waals surface area (Å²) in [5.74, 6) is -1.11. The number of nitrogens with one attached hydrogen (secondary N) is 1. The SMILES string of the molecule is COCC(NC(=O)N1CCOC(C)C1)C(=O)O. The summed E-state index contributed by atoms with van der Waals surface area (Å²) in [5.41, 5.74) is 0. The van der Waals surface area contributed by atoms with Gasteiger partial charge in [-0.2, -0.15) is 0 Å². The molecule has 1 saturated heterocycles. The molecule has 17 heavy (non-hydrogen) atoms. The number of urea groups is 1. The molecule has 2 amide bonds. The number of carbonyl (C=O) groups is 2. The average molecular weight is 246 g/mol. The molecular weight excluding hydrogens is 228 g/mol. The molecule has 0 bridgehead atoms. The van der Waals surface area contributed by atoms with Gasteiger partial charge in [0.15, 0.2) is 6.04 Å². The predicted octanol–water partition coefficient (Wildman–Crippen LogP) is -0.484. The standard InChI is InChI=1S/C10H18N2O5/c1-7-5-12(3-4-17-7)10(15)11-8(6-16-2)9(13)14/h7-8H,3-6H2,1-2H3,(H,11,15)(H,13,14). The van der Waals surface area contributed by atoms with E-state index in [1.165, 1.54) is 7.11 Å². The Labute approximate surface area is 99.7 Å². The lowest BCUT2D eigenvalue weighted by molar-refractivity contribution is -0.140. The second-order valence-corrected chi connectivity index (χ2v) is 3.92. The number of aliphatic carboxylic acids is 1. The normalized spacial score (nSPS) is 22.0. The Kier molecular flexibility index (Phi) is 5.17. The van der Waals surface area contributed by atoms with E-state index >= 15 is 0 Å². The highest BCUT2D eigenvalue weighted by Gasteiger charge is 2.26. The minimum atomic E-state index is -1.11. The highest BCUT2D eigenvalue weighted by Crippen LogP contribution is 2.04. The first-order valence-corrected chi connectivity index (χ1v) is 5.43. The number of rotatable bonds is 4. The van der Waals surface area contributed by atoms with Gasteiger partial charge in [-0.05, 0) is 6.92 Å². The van der Waals surface area contributed by atoms with Gasteiger partial charge in [-0.25, -0.2) is 9.59 Å². The van der Waals surface area contributed by atoms with E-state index in [1.54, 1.807) is 4.90 Å². The van der Waals surface area contributed by atoms with Crippen molar-refractivity contribution in [3.05, 3.63) is 0 Å². The van der Waals surface area contributed by atoms with Crippen LogP contribution in [0.4, 0.5) is 4.79 Å². The zero-order valence-corrected chi connectivity index (χ0v) is 10.0. The molecule has 2 N–H and O–H groups in total. The quantitative estimate of drug-likeness (QED) is 0.699. The van der Waals surface area contributed by atoms with Crippen molar-refractivity contribution in [3.8, 4) is 0 Å². The van der Waals surface area contributed by atoms with Crippen LogP contribution in [0.15, 0.2) is 0 Å².